The largest absolute Gasteiger partial charge is 0.370 e. The molecule has 2 rings (SSSR count). The number of benzene rings is 1. The minimum absolute atomic E-state index is 0.774. The quantitative estimate of drug-likeness (QED) is 0.905. The first-order valence-electron chi connectivity index (χ1n) is 6.50. The van der Waals surface area contributed by atoms with E-state index in [2.05, 4.69) is 22.2 Å². The summed E-state index contributed by atoms with van der Waals surface area (Å²) in [4.78, 5) is 8.75. The lowest BCUT2D eigenvalue weighted by Gasteiger charge is -2.08. The number of hydrogen-bond donors (Lipinski definition) is 1. The number of hydrogen-bond acceptors (Lipinski definition) is 3. The molecule has 0 spiro atoms. The van der Waals surface area contributed by atoms with Crippen molar-refractivity contribution in [2.75, 3.05) is 11.9 Å². The van der Waals surface area contributed by atoms with Crippen LogP contribution in [0, 0.1) is 6.92 Å². The Balaban J connectivity index is 1.92. The van der Waals surface area contributed by atoms with Gasteiger partial charge in [-0.1, -0.05) is 30.7 Å². The molecule has 4 heteroatoms. The average Bonchev–Trinajstić information content (AvgIpc) is 2.40. The van der Waals surface area contributed by atoms with Crippen molar-refractivity contribution in [2.45, 2.75) is 26.7 Å². The van der Waals surface area contributed by atoms with Gasteiger partial charge in [-0.15, -0.1) is 0 Å². The summed E-state index contributed by atoms with van der Waals surface area (Å²) in [7, 11) is 0. The highest BCUT2D eigenvalue weighted by atomic mass is 35.5. The third kappa shape index (κ3) is 4.21. The van der Waals surface area contributed by atoms with Gasteiger partial charge in [-0.25, -0.2) is 9.97 Å². The summed E-state index contributed by atoms with van der Waals surface area (Å²) in [5.74, 6) is 1.71. The summed E-state index contributed by atoms with van der Waals surface area (Å²) in [5, 5.41) is 4.11. The van der Waals surface area contributed by atoms with Gasteiger partial charge in [-0.2, -0.15) is 0 Å². The van der Waals surface area contributed by atoms with Crippen molar-refractivity contribution in [2.24, 2.45) is 0 Å². The highest BCUT2D eigenvalue weighted by Gasteiger charge is 2.00. The summed E-state index contributed by atoms with van der Waals surface area (Å²) in [6, 6.07) is 9.94. The predicted molar refractivity (Wildman–Crippen MR) is 79.8 cm³/mol. The van der Waals surface area contributed by atoms with Crippen LogP contribution in [-0.2, 0) is 12.8 Å². The van der Waals surface area contributed by atoms with E-state index < -0.39 is 0 Å². The van der Waals surface area contributed by atoms with E-state index in [1.54, 1.807) is 0 Å². The number of aromatic nitrogens is 2. The number of anilines is 1. The molecular formula is C15H18ClN3. The summed E-state index contributed by atoms with van der Waals surface area (Å²) in [6.45, 7) is 4.87. The standard InChI is InChI=1S/C15H18ClN3/c1-3-14-10-15(19-11(2)18-14)17-9-8-12-4-6-13(16)7-5-12/h4-7,10H,3,8-9H2,1-2H3,(H,17,18,19). The molecule has 19 heavy (non-hydrogen) atoms. The van der Waals surface area contributed by atoms with Crippen LogP contribution in [0.15, 0.2) is 30.3 Å². The van der Waals surface area contributed by atoms with Gasteiger partial charge in [0.05, 0.1) is 0 Å². The molecule has 0 saturated heterocycles. The average molecular weight is 276 g/mol. The molecule has 0 bridgehead atoms. The van der Waals surface area contributed by atoms with E-state index in [1.165, 1.54) is 5.56 Å². The van der Waals surface area contributed by atoms with Gasteiger partial charge >= 0.3 is 0 Å². The summed E-state index contributed by atoms with van der Waals surface area (Å²) < 4.78 is 0. The van der Waals surface area contributed by atoms with Gasteiger partial charge in [0.15, 0.2) is 0 Å². The number of nitrogens with zero attached hydrogens (tertiary/aromatic N) is 2. The van der Waals surface area contributed by atoms with Crippen molar-refractivity contribution >= 4 is 17.4 Å². The van der Waals surface area contributed by atoms with Crippen molar-refractivity contribution < 1.29 is 0 Å². The highest BCUT2D eigenvalue weighted by molar-refractivity contribution is 6.30. The molecule has 100 valence electrons. The number of aryl methyl sites for hydroxylation is 2. The van der Waals surface area contributed by atoms with Gasteiger partial charge in [-0.05, 0) is 37.5 Å². The maximum absolute atomic E-state index is 5.86. The Morgan fingerprint density at radius 2 is 1.89 bits per heavy atom. The van der Waals surface area contributed by atoms with Crippen LogP contribution in [0.2, 0.25) is 5.02 Å². The second-order valence-electron chi connectivity index (χ2n) is 4.45. The summed E-state index contributed by atoms with van der Waals surface area (Å²) in [6.07, 6.45) is 1.87. The predicted octanol–water partition coefficient (Wildman–Crippen LogP) is 3.66. The SMILES string of the molecule is CCc1cc(NCCc2ccc(Cl)cc2)nc(C)n1. The van der Waals surface area contributed by atoms with Gasteiger partial charge in [0, 0.05) is 23.3 Å². The van der Waals surface area contributed by atoms with E-state index in [9.17, 15) is 0 Å². The van der Waals surface area contributed by atoms with Crippen molar-refractivity contribution in [3.8, 4) is 0 Å². The van der Waals surface area contributed by atoms with Gasteiger partial charge in [-0.3, -0.25) is 0 Å². The molecule has 2 aromatic rings. The maximum atomic E-state index is 5.86. The molecule has 0 fully saturated rings. The Bertz CT molecular complexity index is 538. The highest BCUT2D eigenvalue weighted by Crippen LogP contribution is 2.11. The molecule has 0 radical (unpaired) electrons. The molecule has 0 amide bonds. The van der Waals surface area contributed by atoms with Crippen LogP contribution < -0.4 is 5.32 Å². The van der Waals surface area contributed by atoms with E-state index in [4.69, 9.17) is 11.6 Å². The van der Waals surface area contributed by atoms with Gasteiger partial charge < -0.3 is 5.32 Å². The Morgan fingerprint density at radius 3 is 2.58 bits per heavy atom. The fourth-order valence-electron chi connectivity index (χ4n) is 1.89. The van der Waals surface area contributed by atoms with E-state index in [0.717, 1.165) is 41.7 Å². The van der Waals surface area contributed by atoms with Crippen molar-refractivity contribution in [1.82, 2.24) is 9.97 Å². The molecule has 1 aromatic heterocycles. The van der Waals surface area contributed by atoms with Crippen LogP contribution in [0.5, 0.6) is 0 Å². The Morgan fingerprint density at radius 1 is 1.16 bits per heavy atom. The van der Waals surface area contributed by atoms with Crippen LogP contribution in [0.3, 0.4) is 0 Å². The number of nitrogens with one attached hydrogen (secondary N) is 1. The lowest BCUT2D eigenvalue weighted by atomic mass is 10.1. The lowest BCUT2D eigenvalue weighted by Crippen LogP contribution is -2.08. The first kappa shape index (κ1) is 13.8. The molecule has 0 saturated carbocycles. The molecule has 0 aliphatic heterocycles. The lowest BCUT2D eigenvalue weighted by molar-refractivity contribution is 0.932. The van der Waals surface area contributed by atoms with Crippen LogP contribution >= 0.6 is 11.6 Å². The number of rotatable bonds is 5. The zero-order valence-electron chi connectivity index (χ0n) is 11.3. The molecule has 1 heterocycles. The molecule has 0 unspecified atom stereocenters. The van der Waals surface area contributed by atoms with Gasteiger partial charge in [0.2, 0.25) is 0 Å². The topological polar surface area (TPSA) is 37.8 Å². The minimum atomic E-state index is 0.774. The second kappa shape index (κ2) is 6.53. The molecule has 1 N–H and O–H groups in total. The normalized spacial score (nSPS) is 10.5. The van der Waals surface area contributed by atoms with Gasteiger partial charge in [0.25, 0.3) is 0 Å². The van der Waals surface area contributed by atoms with Gasteiger partial charge in [0.1, 0.15) is 11.6 Å². The smallest absolute Gasteiger partial charge is 0.129 e. The Labute approximate surface area is 119 Å². The van der Waals surface area contributed by atoms with E-state index in [0.29, 0.717) is 0 Å². The van der Waals surface area contributed by atoms with Crippen molar-refractivity contribution in [3.63, 3.8) is 0 Å². The molecule has 1 aromatic carbocycles. The molecular weight excluding hydrogens is 258 g/mol. The minimum Gasteiger partial charge on any atom is -0.370 e. The third-order valence-corrected chi connectivity index (χ3v) is 3.14. The van der Waals surface area contributed by atoms with Crippen LogP contribution in [0.25, 0.3) is 0 Å². The second-order valence-corrected chi connectivity index (χ2v) is 4.88. The van der Waals surface area contributed by atoms with Crippen LogP contribution in [-0.4, -0.2) is 16.5 Å². The monoisotopic (exact) mass is 275 g/mol. The van der Waals surface area contributed by atoms with E-state index >= 15 is 0 Å². The van der Waals surface area contributed by atoms with Crippen molar-refractivity contribution in [1.29, 1.82) is 0 Å². The van der Waals surface area contributed by atoms with Crippen molar-refractivity contribution in [3.05, 3.63) is 52.4 Å². The zero-order valence-corrected chi connectivity index (χ0v) is 12.0. The molecule has 0 aliphatic rings. The van der Waals surface area contributed by atoms with E-state index in [-0.39, 0.29) is 0 Å². The van der Waals surface area contributed by atoms with Crippen LogP contribution in [0.4, 0.5) is 5.82 Å². The summed E-state index contributed by atoms with van der Waals surface area (Å²) in [5.41, 5.74) is 2.33. The zero-order chi connectivity index (χ0) is 13.7. The van der Waals surface area contributed by atoms with Crippen LogP contribution in [0.1, 0.15) is 24.0 Å². The van der Waals surface area contributed by atoms with E-state index in [1.807, 2.05) is 37.3 Å². The third-order valence-electron chi connectivity index (χ3n) is 2.89. The molecule has 0 atom stereocenters. The maximum Gasteiger partial charge on any atom is 0.129 e. The summed E-state index contributed by atoms with van der Waals surface area (Å²) >= 11 is 5.86. The molecule has 0 aliphatic carbocycles. The first-order chi connectivity index (χ1) is 9.17. The fourth-order valence-corrected chi connectivity index (χ4v) is 2.01. The Kier molecular flexibility index (Phi) is 4.74. The number of halogens is 1. The first-order valence-corrected chi connectivity index (χ1v) is 6.88. The fraction of sp³-hybridized carbons (Fsp3) is 0.333. The molecule has 3 nitrogen and oxygen atoms in total. The Hall–Kier alpha value is -1.61.